The van der Waals surface area contributed by atoms with Crippen LogP contribution in [0.2, 0.25) is 0 Å². The maximum atomic E-state index is 11.7. The summed E-state index contributed by atoms with van der Waals surface area (Å²) in [6, 6.07) is 18.5. The molecule has 0 radical (unpaired) electrons. The van der Waals surface area contributed by atoms with Crippen LogP contribution in [0.15, 0.2) is 70.9 Å². The Morgan fingerprint density at radius 1 is 0.968 bits per heavy atom. The van der Waals surface area contributed by atoms with E-state index in [9.17, 15) is 13.0 Å². The minimum absolute atomic E-state index is 0.109. The maximum Gasteiger partial charge on any atom is 0.295 e. The molecule has 4 rings (SSSR count). The van der Waals surface area contributed by atoms with Crippen molar-refractivity contribution in [3.05, 3.63) is 66.0 Å². The zero-order valence-corrected chi connectivity index (χ0v) is 18.9. The summed E-state index contributed by atoms with van der Waals surface area (Å²) in [6.07, 6.45) is 0. The summed E-state index contributed by atoms with van der Waals surface area (Å²) >= 11 is 1.48. The van der Waals surface area contributed by atoms with E-state index >= 15 is 0 Å². The highest BCUT2D eigenvalue weighted by Gasteiger charge is 2.16. The van der Waals surface area contributed by atoms with E-state index in [1.165, 1.54) is 23.1 Å². The molecule has 6 nitrogen and oxygen atoms in total. The number of rotatable bonds is 7. The third-order valence-corrected chi connectivity index (χ3v) is 6.87. The van der Waals surface area contributed by atoms with Crippen molar-refractivity contribution in [1.29, 1.82) is 0 Å². The first kappa shape index (κ1) is 21.3. The standard InChI is InChI=1S/C23H23N3O3S2/c1-3-26(4-2)17-11-9-16(10-12-17)21-15-30-23(25-21)24-20-13-14-22(31(27,28)29)19-8-6-5-7-18(19)20/h5-15H,3-4H2,1-2H3,(H,24,25)(H,27,28,29). The zero-order chi connectivity index (χ0) is 22.0. The largest absolute Gasteiger partial charge is 0.372 e. The van der Waals surface area contributed by atoms with Gasteiger partial charge < -0.3 is 10.2 Å². The molecule has 2 N–H and O–H groups in total. The fraction of sp³-hybridized carbons (Fsp3) is 0.174. The lowest BCUT2D eigenvalue weighted by Gasteiger charge is -2.20. The van der Waals surface area contributed by atoms with Crippen LogP contribution in [0.25, 0.3) is 22.0 Å². The number of hydrogen-bond acceptors (Lipinski definition) is 6. The van der Waals surface area contributed by atoms with Crippen LogP contribution in [0.4, 0.5) is 16.5 Å². The van der Waals surface area contributed by atoms with Gasteiger partial charge in [0.25, 0.3) is 10.1 Å². The third-order valence-electron chi connectivity index (χ3n) is 5.20. The van der Waals surface area contributed by atoms with Gasteiger partial charge in [-0.25, -0.2) is 4.98 Å². The molecule has 3 aromatic carbocycles. The molecular formula is C23H23N3O3S2. The predicted molar refractivity (Wildman–Crippen MR) is 128 cm³/mol. The Bertz CT molecular complexity index is 1310. The monoisotopic (exact) mass is 453 g/mol. The average Bonchev–Trinajstić information content (AvgIpc) is 3.23. The number of aromatic nitrogens is 1. The lowest BCUT2D eigenvalue weighted by atomic mass is 10.1. The molecule has 0 unspecified atom stereocenters. The van der Waals surface area contributed by atoms with Crippen LogP contribution < -0.4 is 10.2 Å². The molecule has 0 atom stereocenters. The van der Waals surface area contributed by atoms with Crippen LogP contribution in [0.3, 0.4) is 0 Å². The normalized spacial score (nSPS) is 11.6. The van der Waals surface area contributed by atoms with Crippen LogP contribution >= 0.6 is 11.3 Å². The Kier molecular flexibility index (Phi) is 5.95. The molecule has 31 heavy (non-hydrogen) atoms. The number of fused-ring (bicyclic) bond motifs is 1. The van der Waals surface area contributed by atoms with E-state index in [2.05, 4.69) is 48.3 Å². The summed E-state index contributed by atoms with van der Waals surface area (Å²) in [5.41, 5.74) is 3.82. The molecule has 4 aromatic rings. The number of hydrogen-bond donors (Lipinski definition) is 2. The van der Waals surface area contributed by atoms with Gasteiger partial charge >= 0.3 is 0 Å². The highest BCUT2D eigenvalue weighted by atomic mass is 32.2. The van der Waals surface area contributed by atoms with Gasteiger partial charge in [-0.3, -0.25) is 4.55 Å². The van der Waals surface area contributed by atoms with Crippen molar-refractivity contribution in [2.24, 2.45) is 0 Å². The van der Waals surface area contributed by atoms with Crippen LogP contribution in [0, 0.1) is 0 Å². The molecule has 0 saturated heterocycles. The second-order valence-electron chi connectivity index (χ2n) is 7.01. The van der Waals surface area contributed by atoms with Gasteiger partial charge in [-0.2, -0.15) is 8.42 Å². The molecule has 0 fully saturated rings. The van der Waals surface area contributed by atoms with Gasteiger partial charge in [0.1, 0.15) is 4.90 Å². The first-order chi connectivity index (χ1) is 14.9. The highest BCUT2D eigenvalue weighted by Crippen LogP contribution is 2.33. The van der Waals surface area contributed by atoms with Crippen molar-refractivity contribution in [1.82, 2.24) is 4.98 Å². The molecule has 0 aliphatic rings. The van der Waals surface area contributed by atoms with Crippen LogP contribution in [-0.4, -0.2) is 31.0 Å². The summed E-state index contributed by atoms with van der Waals surface area (Å²) in [7, 11) is -4.31. The average molecular weight is 454 g/mol. The van der Waals surface area contributed by atoms with Crippen LogP contribution in [0.1, 0.15) is 13.8 Å². The van der Waals surface area contributed by atoms with Crippen LogP contribution in [0.5, 0.6) is 0 Å². The minimum Gasteiger partial charge on any atom is -0.372 e. The number of thiazole rings is 1. The first-order valence-corrected chi connectivity index (χ1v) is 12.3. The Hall–Kier alpha value is -2.94. The van der Waals surface area contributed by atoms with E-state index in [0.29, 0.717) is 15.9 Å². The van der Waals surface area contributed by atoms with Crippen molar-refractivity contribution in [2.75, 3.05) is 23.3 Å². The Labute approximate surface area is 185 Å². The van der Waals surface area contributed by atoms with Crippen LogP contribution in [-0.2, 0) is 10.1 Å². The van der Waals surface area contributed by atoms with E-state index in [0.717, 1.165) is 30.0 Å². The van der Waals surface area contributed by atoms with Gasteiger partial charge in [0.2, 0.25) is 0 Å². The molecule has 8 heteroatoms. The zero-order valence-electron chi connectivity index (χ0n) is 17.2. The van der Waals surface area contributed by atoms with E-state index < -0.39 is 10.1 Å². The van der Waals surface area contributed by atoms with Crippen molar-refractivity contribution < 1.29 is 13.0 Å². The van der Waals surface area contributed by atoms with Gasteiger partial charge in [0.05, 0.1) is 5.69 Å². The van der Waals surface area contributed by atoms with Crippen molar-refractivity contribution in [2.45, 2.75) is 18.7 Å². The maximum absolute atomic E-state index is 11.7. The van der Waals surface area contributed by atoms with E-state index in [-0.39, 0.29) is 4.90 Å². The number of nitrogens with zero attached hydrogens (tertiary/aromatic N) is 2. The lowest BCUT2D eigenvalue weighted by molar-refractivity contribution is 0.484. The van der Waals surface area contributed by atoms with Crippen molar-refractivity contribution >= 4 is 48.7 Å². The fourth-order valence-corrected chi connectivity index (χ4v) is 5.04. The Morgan fingerprint density at radius 3 is 2.29 bits per heavy atom. The molecule has 160 valence electrons. The number of benzene rings is 3. The minimum atomic E-state index is -4.31. The van der Waals surface area contributed by atoms with Gasteiger partial charge in [-0.05, 0) is 38.1 Å². The summed E-state index contributed by atoms with van der Waals surface area (Å²) in [6.45, 7) is 6.21. The first-order valence-electron chi connectivity index (χ1n) is 9.98. The quantitative estimate of drug-likeness (QED) is 0.344. The van der Waals surface area contributed by atoms with E-state index in [1.807, 2.05) is 17.5 Å². The van der Waals surface area contributed by atoms with Gasteiger partial charge in [-0.1, -0.05) is 36.4 Å². The third kappa shape index (κ3) is 4.41. The predicted octanol–water partition coefficient (Wildman–Crippen LogP) is 5.80. The fourth-order valence-electron chi connectivity index (χ4n) is 3.62. The van der Waals surface area contributed by atoms with Crippen molar-refractivity contribution in [3.63, 3.8) is 0 Å². The number of anilines is 3. The van der Waals surface area contributed by atoms with Crippen molar-refractivity contribution in [3.8, 4) is 11.3 Å². The van der Waals surface area contributed by atoms with Gasteiger partial charge in [0, 0.05) is 46.2 Å². The van der Waals surface area contributed by atoms with E-state index in [4.69, 9.17) is 4.98 Å². The second-order valence-corrected chi connectivity index (χ2v) is 9.26. The summed E-state index contributed by atoms with van der Waals surface area (Å²) in [4.78, 5) is 6.88. The van der Waals surface area contributed by atoms with Gasteiger partial charge in [0.15, 0.2) is 5.13 Å². The van der Waals surface area contributed by atoms with E-state index in [1.54, 1.807) is 18.2 Å². The molecule has 0 saturated carbocycles. The summed E-state index contributed by atoms with van der Waals surface area (Å²) < 4.78 is 32.9. The molecule has 1 heterocycles. The lowest BCUT2D eigenvalue weighted by Crippen LogP contribution is -2.21. The molecule has 0 amide bonds. The molecule has 0 spiro atoms. The smallest absolute Gasteiger partial charge is 0.295 e. The Morgan fingerprint density at radius 2 is 1.65 bits per heavy atom. The van der Waals surface area contributed by atoms with Gasteiger partial charge in [-0.15, -0.1) is 11.3 Å². The molecular weight excluding hydrogens is 430 g/mol. The summed E-state index contributed by atoms with van der Waals surface area (Å²) in [5.74, 6) is 0. The molecule has 0 aliphatic heterocycles. The Balaban J connectivity index is 1.62. The molecule has 0 aliphatic carbocycles. The highest BCUT2D eigenvalue weighted by molar-refractivity contribution is 7.86. The summed E-state index contributed by atoms with van der Waals surface area (Å²) in [5, 5.41) is 7.13. The molecule has 0 bridgehead atoms. The molecule has 1 aromatic heterocycles. The number of nitrogens with one attached hydrogen (secondary N) is 1. The topological polar surface area (TPSA) is 82.5 Å². The SMILES string of the molecule is CCN(CC)c1ccc(-c2csc(Nc3ccc(S(=O)(=O)O)c4ccccc34)n2)cc1. The second kappa shape index (κ2) is 8.66.